The molecule has 1 unspecified atom stereocenters. The van der Waals surface area contributed by atoms with Gasteiger partial charge in [0.1, 0.15) is 0 Å². The van der Waals surface area contributed by atoms with E-state index >= 15 is 0 Å². The number of hydrogen-bond acceptors (Lipinski definition) is 3. The Labute approximate surface area is 104 Å². The van der Waals surface area contributed by atoms with E-state index < -0.39 is 0 Å². The molecule has 2 rings (SSSR count). The highest BCUT2D eigenvalue weighted by Gasteiger charge is 2.41. The van der Waals surface area contributed by atoms with Gasteiger partial charge in [0.2, 0.25) is 0 Å². The third-order valence-corrected chi connectivity index (χ3v) is 3.78. The molecular weight excluding hydrogens is 212 g/mol. The molecule has 1 aromatic rings. The van der Waals surface area contributed by atoms with Crippen LogP contribution in [0.4, 0.5) is 0 Å². The Hall–Kier alpha value is -0.930. The molecule has 1 N–H and O–H groups in total. The third-order valence-electron chi connectivity index (χ3n) is 3.78. The van der Waals surface area contributed by atoms with Crippen LogP contribution in [0.1, 0.15) is 37.8 Å². The second-order valence-corrected chi connectivity index (χ2v) is 5.13. The molecule has 0 aromatic carbocycles. The number of nitrogens with zero attached hydrogens (tertiary/aromatic N) is 1. The Kier molecular flexibility index (Phi) is 4.13. The van der Waals surface area contributed by atoms with Crippen molar-refractivity contribution < 1.29 is 4.74 Å². The highest BCUT2D eigenvalue weighted by Crippen LogP contribution is 2.48. The molecule has 0 radical (unpaired) electrons. The summed E-state index contributed by atoms with van der Waals surface area (Å²) in [6.07, 6.45) is 7.56. The van der Waals surface area contributed by atoms with Gasteiger partial charge in [-0.3, -0.25) is 4.98 Å². The summed E-state index contributed by atoms with van der Waals surface area (Å²) in [5.41, 5.74) is 1.82. The lowest BCUT2D eigenvalue weighted by molar-refractivity contribution is 0.170. The number of aromatic nitrogens is 1. The molecule has 1 aliphatic rings. The van der Waals surface area contributed by atoms with Crippen LogP contribution in [0.3, 0.4) is 0 Å². The summed E-state index contributed by atoms with van der Waals surface area (Å²) in [6, 6.07) is 4.55. The van der Waals surface area contributed by atoms with Gasteiger partial charge in [-0.1, -0.05) is 0 Å². The van der Waals surface area contributed by atoms with Crippen molar-refractivity contribution in [2.75, 3.05) is 20.3 Å². The molecule has 1 aliphatic carbocycles. The third kappa shape index (κ3) is 3.51. The van der Waals surface area contributed by atoms with Gasteiger partial charge in [0.05, 0.1) is 0 Å². The highest BCUT2D eigenvalue weighted by atomic mass is 16.5. The van der Waals surface area contributed by atoms with Crippen molar-refractivity contribution in [2.24, 2.45) is 5.41 Å². The molecule has 1 heterocycles. The second kappa shape index (κ2) is 5.61. The molecule has 3 heteroatoms. The summed E-state index contributed by atoms with van der Waals surface area (Å²) in [4.78, 5) is 4.05. The maximum absolute atomic E-state index is 5.17. The number of nitrogens with one attached hydrogen (secondary N) is 1. The van der Waals surface area contributed by atoms with Crippen LogP contribution in [0.5, 0.6) is 0 Å². The Bertz CT molecular complexity index is 335. The SMILES string of the molecule is COCCC1(CNC(C)c2ccncc2)CC1. The number of rotatable bonds is 7. The summed E-state index contributed by atoms with van der Waals surface area (Å²) >= 11 is 0. The van der Waals surface area contributed by atoms with Crippen LogP contribution < -0.4 is 5.32 Å². The van der Waals surface area contributed by atoms with E-state index in [2.05, 4.69) is 29.4 Å². The van der Waals surface area contributed by atoms with Gasteiger partial charge in [-0.2, -0.15) is 0 Å². The molecule has 0 spiro atoms. The molecule has 0 saturated heterocycles. The predicted molar refractivity (Wildman–Crippen MR) is 68.8 cm³/mol. The molecule has 0 bridgehead atoms. The van der Waals surface area contributed by atoms with Crippen molar-refractivity contribution >= 4 is 0 Å². The van der Waals surface area contributed by atoms with Gasteiger partial charge in [-0.05, 0) is 49.3 Å². The minimum absolute atomic E-state index is 0.401. The van der Waals surface area contributed by atoms with E-state index in [0.29, 0.717) is 11.5 Å². The van der Waals surface area contributed by atoms with Crippen LogP contribution in [-0.2, 0) is 4.74 Å². The fourth-order valence-corrected chi connectivity index (χ4v) is 2.15. The number of hydrogen-bond donors (Lipinski definition) is 1. The van der Waals surface area contributed by atoms with Crippen LogP contribution in [0.2, 0.25) is 0 Å². The zero-order valence-corrected chi connectivity index (χ0v) is 10.8. The summed E-state index contributed by atoms with van der Waals surface area (Å²) in [5, 5.41) is 3.63. The molecule has 1 atom stereocenters. The van der Waals surface area contributed by atoms with Crippen LogP contribution in [0, 0.1) is 5.41 Å². The smallest absolute Gasteiger partial charge is 0.0468 e. The molecule has 94 valence electrons. The Morgan fingerprint density at radius 2 is 2.12 bits per heavy atom. The molecule has 1 saturated carbocycles. The molecule has 1 fully saturated rings. The van der Waals surface area contributed by atoms with Crippen molar-refractivity contribution in [3.8, 4) is 0 Å². The summed E-state index contributed by atoms with van der Waals surface area (Å²) in [7, 11) is 1.78. The Balaban J connectivity index is 1.78. The first kappa shape index (κ1) is 12.5. The van der Waals surface area contributed by atoms with Crippen LogP contribution in [0.25, 0.3) is 0 Å². The van der Waals surface area contributed by atoms with Gasteiger partial charge in [0.25, 0.3) is 0 Å². The summed E-state index contributed by atoms with van der Waals surface area (Å²) in [6.45, 7) is 4.19. The lowest BCUT2D eigenvalue weighted by atomic mass is 10.0. The van der Waals surface area contributed by atoms with Gasteiger partial charge in [0, 0.05) is 38.7 Å². The van der Waals surface area contributed by atoms with E-state index in [9.17, 15) is 0 Å². The number of methoxy groups -OCH3 is 1. The number of pyridine rings is 1. The Morgan fingerprint density at radius 1 is 1.41 bits per heavy atom. The predicted octanol–water partition coefficient (Wildman–Crippen LogP) is 2.55. The van der Waals surface area contributed by atoms with E-state index in [-0.39, 0.29) is 0 Å². The molecule has 0 amide bonds. The lowest BCUT2D eigenvalue weighted by Gasteiger charge is -2.20. The summed E-state index contributed by atoms with van der Waals surface area (Å²) < 4.78 is 5.17. The highest BCUT2D eigenvalue weighted by molar-refractivity contribution is 5.14. The molecule has 1 aromatic heterocycles. The van der Waals surface area contributed by atoms with Gasteiger partial charge >= 0.3 is 0 Å². The van der Waals surface area contributed by atoms with Crippen molar-refractivity contribution in [3.05, 3.63) is 30.1 Å². The monoisotopic (exact) mass is 234 g/mol. The van der Waals surface area contributed by atoms with Crippen molar-refractivity contribution in [3.63, 3.8) is 0 Å². The number of ether oxygens (including phenoxy) is 1. The van der Waals surface area contributed by atoms with Crippen molar-refractivity contribution in [2.45, 2.75) is 32.2 Å². The van der Waals surface area contributed by atoms with E-state index in [1.165, 1.54) is 24.8 Å². The molecule has 0 aliphatic heterocycles. The first-order valence-electron chi connectivity index (χ1n) is 6.38. The first-order valence-corrected chi connectivity index (χ1v) is 6.38. The maximum atomic E-state index is 5.17. The van der Waals surface area contributed by atoms with Gasteiger partial charge in [-0.15, -0.1) is 0 Å². The van der Waals surface area contributed by atoms with E-state index in [0.717, 1.165) is 13.2 Å². The maximum Gasteiger partial charge on any atom is 0.0468 e. The zero-order chi connectivity index (χ0) is 12.1. The van der Waals surface area contributed by atoms with E-state index in [4.69, 9.17) is 4.74 Å². The zero-order valence-electron chi connectivity index (χ0n) is 10.8. The quantitative estimate of drug-likeness (QED) is 0.787. The van der Waals surface area contributed by atoms with E-state index in [1.807, 2.05) is 12.4 Å². The lowest BCUT2D eigenvalue weighted by Crippen LogP contribution is -2.27. The standard InChI is InChI=1S/C14H22N2O/c1-12(13-3-8-15-9-4-13)16-11-14(5-6-14)7-10-17-2/h3-4,8-9,12,16H,5-7,10-11H2,1-2H3. The van der Waals surface area contributed by atoms with Crippen molar-refractivity contribution in [1.29, 1.82) is 0 Å². The van der Waals surface area contributed by atoms with Crippen molar-refractivity contribution in [1.82, 2.24) is 10.3 Å². The molecule has 3 nitrogen and oxygen atoms in total. The van der Waals surface area contributed by atoms with Crippen LogP contribution in [-0.4, -0.2) is 25.2 Å². The van der Waals surface area contributed by atoms with Gasteiger partial charge in [0.15, 0.2) is 0 Å². The Morgan fingerprint density at radius 3 is 2.71 bits per heavy atom. The molecular formula is C14H22N2O. The van der Waals surface area contributed by atoms with E-state index in [1.54, 1.807) is 7.11 Å². The normalized spacial score (nSPS) is 18.9. The minimum atomic E-state index is 0.401. The van der Waals surface area contributed by atoms with Gasteiger partial charge in [-0.25, -0.2) is 0 Å². The topological polar surface area (TPSA) is 34.1 Å². The largest absolute Gasteiger partial charge is 0.385 e. The fourth-order valence-electron chi connectivity index (χ4n) is 2.15. The second-order valence-electron chi connectivity index (χ2n) is 5.13. The summed E-state index contributed by atoms with van der Waals surface area (Å²) in [5.74, 6) is 0. The van der Waals surface area contributed by atoms with Gasteiger partial charge < -0.3 is 10.1 Å². The average Bonchev–Trinajstić information content (AvgIpc) is 3.15. The minimum Gasteiger partial charge on any atom is -0.385 e. The molecule has 17 heavy (non-hydrogen) atoms. The van der Waals surface area contributed by atoms with Crippen LogP contribution >= 0.6 is 0 Å². The average molecular weight is 234 g/mol. The fraction of sp³-hybridized carbons (Fsp3) is 0.643. The van der Waals surface area contributed by atoms with Crippen LogP contribution in [0.15, 0.2) is 24.5 Å². The first-order chi connectivity index (χ1) is 8.26.